The Morgan fingerprint density at radius 3 is 2.80 bits per heavy atom. The highest BCUT2D eigenvalue weighted by atomic mass is 32.1. The van der Waals surface area contributed by atoms with E-state index in [1.165, 1.54) is 11.3 Å². The third-order valence-corrected chi connectivity index (χ3v) is 6.92. The molecule has 0 unspecified atom stereocenters. The van der Waals surface area contributed by atoms with Gasteiger partial charge in [0, 0.05) is 30.3 Å². The largest absolute Gasteiger partial charge is 0.490 e. The molecule has 0 saturated heterocycles. The van der Waals surface area contributed by atoms with Crippen LogP contribution in [0.15, 0.2) is 18.2 Å². The summed E-state index contributed by atoms with van der Waals surface area (Å²) >= 11 is 1.46. The number of carbonyl (C=O) groups is 1. The molecule has 1 aromatic carbocycles. The molecule has 4 heterocycles. The minimum atomic E-state index is -0.277. The number of anilines is 2. The Kier molecular flexibility index (Phi) is 4.18. The second kappa shape index (κ2) is 6.57. The van der Waals surface area contributed by atoms with E-state index in [0.29, 0.717) is 18.0 Å². The van der Waals surface area contributed by atoms with Crippen molar-refractivity contribution < 1.29 is 9.53 Å². The summed E-state index contributed by atoms with van der Waals surface area (Å²) in [6, 6.07) is 6.25. The Balaban J connectivity index is 1.59. The van der Waals surface area contributed by atoms with E-state index in [-0.39, 0.29) is 11.4 Å². The lowest BCUT2D eigenvalue weighted by atomic mass is 9.94. The predicted molar refractivity (Wildman–Crippen MR) is 118 cm³/mol. The minimum absolute atomic E-state index is 0.0335. The maximum atomic E-state index is 12.6. The van der Waals surface area contributed by atoms with Gasteiger partial charge in [0.05, 0.1) is 23.6 Å². The average Bonchev–Trinajstić information content (AvgIpc) is 3.20. The molecule has 8 heteroatoms. The van der Waals surface area contributed by atoms with Crippen molar-refractivity contribution in [3.63, 3.8) is 0 Å². The number of hydrogen-bond acceptors (Lipinski definition) is 6. The summed E-state index contributed by atoms with van der Waals surface area (Å²) in [5.41, 5.74) is 5.96. The van der Waals surface area contributed by atoms with Gasteiger partial charge in [-0.2, -0.15) is 5.10 Å². The summed E-state index contributed by atoms with van der Waals surface area (Å²) in [7, 11) is 1.96. The Hall–Kier alpha value is -2.87. The fourth-order valence-corrected chi connectivity index (χ4v) is 5.36. The van der Waals surface area contributed by atoms with E-state index in [4.69, 9.17) is 9.72 Å². The second-order valence-corrected chi connectivity index (χ2v) is 9.62. The predicted octanol–water partition coefficient (Wildman–Crippen LogP) is 3.76. The molecule has 156 valence electrons. The van der Waals surface area contributed by atoms with E-state index in [1.807, 2.05) is 38.6 Å². The SMILES string of the molecule is Cc1nn(C)c(C)c1-c1ccc2c(c1)N(c1nc3c(s1)C(=O)NC(C)(C)C3)CCO2. The van der Waals surface area contributed by atoms with E-state index in [2.05, 4.69) is 34.4 Å². The van der Waals surface area contributed by atoms with Crippen LogP contribution in [0.3, 0.4) is 0 Å². The van der Waals surface area contributed by atoms with Gasteiger partial charge >= 0.3 is 0 Å². The number of ether oxygens (including phenoxy) is 1. The molecule has 3 aromatic rings. The number of hydrogen-bond donors (Lipinski definition) is 1. The van der Waals surface area contributed by atoms with Gasteiger partial charge in [-0.3, -0.25) is 9.48 Å². The molecule has 2 aliphatic rings. The zero-order valence-electron chi connectivity index (χ0n) is 17.9. The molecule has 0 atom stereocenters. The van der Waals surface area contributed by atoms with Crippen LogP contribution in [0, 0.1) is 13.8 Å². The molecular weight excluding hydrogens is 398 g/mol. The molecule has 0 bridgehead atoms. The van der Waals surface area contributed by atoms with Crippen molar-refractivity contribution in [2.24, 2.45) is 7.05 Å². The standard InChI is InChI=1S/C22H25N5O2S/c1-12-18(13(2)26(5)25-12)14-6-7-17-16(10-14)27(8-9-29-17)21-23-15-11-22(3,4)24-20(28)19(15)30-21/h6-7,10H,8-9,11H2,1-5H3,(H,24,28). The van der Waals surface area contributed by atoms with Crippen LogP contribution in [0.2, 0.25) is 0 Å². The van der Waals surface area contributed by atoms with Gasteiger partial charge in [-0.05, 0) is 45.4 Å². The molecule has 2 aromatic heterocycles. The number of amides is 1. The van der Waals surface area contributed by atoms with Crippen molar-refractivity contribution in [2.45, 2.75) is 39.7 Å². The topological polar surface area (TPSA) is 72.3 Å². The number of aryl methyl sites for hydroxylation is 2. The second-order valence-electron chi connectivity index (χ2n) is 8.64. The van der Waals surface area contributed by atoms with E-state index in [0.717, 1.165) is 51.2 Å². The van der Waals surface area contributed by atoms with Gasteiger partial charge in [0.1, 0.15) is 17.2 Å². The van der Waals surface area contributed by atoms with Crippen molar-refractivity contribution in [3.05, 3.63) is 40.2 Å². The zero-order chi connectivity index (χ0) is 21.2. The highest BCUT2D eigenvalue weighted by molar-refractivity contribution is 7.17. The Bertz CT molecular complexity index is 1180. The number of rotatable bonds is 2. The zero-order valence-corrected chi connectivity index (χ0v) is 18.7. The Morgan fingerprint density at radius 1 is 1.27 bits per heavy atom. The van der Waals surface area contributed by atoms with Gasteiger partial charge in [0.15, 0.2) is 5.13 Å². The maximum Gasteiger partial charge on any atom is 0.263 e. The third-order valence-electron chi connectivity index (χ3n) is 5.80. The molecule has 0 radical (unpaired) electrons. The smallest absolute Gasteiger partial charge is 0.263 e. The third kappa shape index (κ3) is 2.98. The number of carbonyl (C=O) groups excluding carboxylic acids is 1. The van der Waals surface area contributed by atoms with Crippen LogP contribution in [-0.4, -0.2) is 39.4 Å². The number of aromatic nitrogens is 3. The lowest BCUT2D eigenvalue weighted by molar-refractivity contribution is 0.0901. The van der Waals surface area contributed by atoms with Crippen LogP contribution in [0.5, 0.6) is 5.75 Å². The van der Waals surface area contributed by atoms with Gasteiger partial charge in [0.2, 0.25) is 0 Å². The summed E-state index contributed by atoms with van der Waals surface area (Å²) in [6.07, 6.45) is 0.732. The molecule has 0 aliphatic carbocycles. The first kappa shape index (κ1) is 19.1. The van der Waals surface area contributed by atoms with E-state index >= 15 is 0 Å². The average molecular weight is 424 g/mol. The molecule has 0 saturated carbocycles. The first-order chi connectivity index (χ1) is 14.2. The van der Waals surface area contributed by atoms with Crippen molar-refractivity contribution in [1.29, 1.82) is 0 Å². The molecule has 2 aliphatic heterocycles. The van der Waals surface area contributed by atoms with Crippen LogP contribution in [0.4, 0.5) is 10.8 Å². The van der Waals surface area contributed by atoms with Gasteiger partial charge < -0.3 is 15.0 Å². The van der Waals surface area contributed by atoms with Crippen LogP contribution in [0.1, 0.15) is 40.6 Å². The quantitative estimate of drug-likeness (QED) is 0.680. The van der Waals surface area contributed by atoms with Crippen molar-refractivity contribution in [3.8, 4) is 16.9 Å². The highest BCUT2D eigenvalue weighted by Crippen LogP contribution is 2.43. The molecule has 5 rings (SSSR count). The van der Waals surface area contributed by atoms with Crippen molar-refractivity contribution >= 4 is 28.1 Å². The number of nitrogens with one attached hydrogen (secondary N) is 1. The lowest BCUT2D eigenvalue weighted by Crippen LogP contribution is -2.48. The first-order valence-corrected chi connectivity index (χ1v) is 10.9. The number of benzene rings is 1. The number of fused-ring (bicyclic) bond motifs is 2. The van der Waals surface area contributed by atoms with Gasteiger partial charge in [0.25, 0.3) is 5.91 Å². The minimum Gasteiger partial charge on any atom is -0.490 e. The molecule has 0 fully saturated rings. The van der Waals surface area contributed by atoms with Gasteiger partial charge in [-0.15, -0.1) is 0 Å². The van der Waals surface area contributed by atoms with E-state index in [9.17, 15) is 4.79 Å². The van der Waals surface area contributed by atoms with E-state index < -0.39 is 0 Å². The first-order valence-electron chi connectivity index (χ1n) is 10.1. The Morgan fingerprint density at radius 2 is 2.07 bits per heavy atom. The Labute approximate surface area is 179 Å². The van der Waals surface area contributed by atoms with Gasteiger partial charge in [-0.25, -0.2) is 4.98 Å². The van der Waals surface area contributed by atoms with Crippen LogP contribution >= 0.6 is 11.3 Å². The lowest BCUT2D eigenvalue weighted by Gasteiger charge is -2.30. The summed E-state index contributed by atoms with van der Waals surface area (Å²) < 4.78 is 7.83. The summed E-state index contributed by atoms with van der Waals surface area (Å²) in [4.78, 5) is 20.3. The van der Waals surface area contributed by atoms with Crippen molar-refractivity contribution in [2.75, 3.05) is 18.1 Å². The molecular formula is C22H25N5O2S. The van der Waals surface area contributed by atoms with Crippen LogP contribution < -0.4 is 15.0 Å². The molecule has 1 amide bonds. The fourth-order valence-electron chi connectivity index (χ4n) is 4.34. The summed E-state index contributed by atoms with van der Waals surface area (Å²) in [5.74, 6) is 0.802. The van der Waals surface area contributed by atoms with Crippen molar-refractivity contribution in [1.82, 2.24) is 20.1 Å². The fraction of sp³-hybridized carbons (Fsp3) is 0.409. The summed E-state index contributed by atoms with van der Waals surface area (Å²) in [5, 5.41) is 8.47. The van der Waals surface area contributed by atoms with Gasteiger partial charge in [-0.1, -0.05) is 17.4 Å². The molecule has 1 N–H and O–H groups in total. The molecule has 7 nitrogen and oxygen atoms in total. The molecule has 30 heavy (non-hydrogen) atoms. The number of nitrogens with zero attached hydrogens (tertiary/aromatic N) is 4. The number of thiazole rings is 1. The van der Waals surface area contributed by atoms with Crippen LogP contribution in [0.25, 0.3) is 11.1 Å². The maximum absolute atomic E-state index is 12.6. The molecule has 0 spiro atoms. The highest BCUT2D eigenvalue weighted by Gasteiger charge is 2.35. The van der Waals surface area contributed by atoms with E-state index in [1.54, 1.807) is 0 Å². The normalized spacial score (nSPS) is 17.2. The monoisotopic (exact) mass is 423 g/mol. The summed E-state index contributed by atoms with van der Waals surface area (Å²) in [6.45, 7) is 9.45. The van der Waals surface area contributed by atoms with Crippen LogP contribution in [-0.2, 0) is 13.5 Å².